The van der Waals surface area contributed by atoms with Gasteiger partial charge >= 0.3 is 0 Å². The normalized spacial score (nSPS) is 21.8. The molecule has 1 saturated carbocycles. The molecule has 0 spiro atoms. The maximum atomic E-state index is 2.66. The summed E-state index contributed by atoms with van der Waals surface area (Å²) in [4.78, 5) is 2.66. The number of nitrogens with zero attached hydrogens (tertiary/aromatic N) is 1. The third kappa shape index (κ3) is 6.69. The van der Waals surface area contributed by atoms with Crippen molar-refractivity contribution in [2.24, 2.45) is 11.8 Å². The van der Waals surface area contributed by atoms with Crippen LogP contribution in [0.25, 0.3) is 0 Å². The number of likely N-dealkylation sites (tertiary alicyclic amines) is 1. The average Bonchev–Trinajstić information content (AvgIpc) is 3.38. The molecule has 1 aliphatic carbocycles. The Balaban J connectivity index is 0.000000858. The van der Waals surface area contributed by atoms with Crippen molar-refractivity contribution in [2.75, 3.05) is 13.1 Å². The van der Waals surface area contributed by atoms with Crippen molar-refractivity contribution in [3.05, 3.63) is 70.3 Å². The molecule has 2 atom stereocenters. The number of benzene rings is 2. The molecule has 0 N–H and O–H groups in total. The Morgan fingerprint density at radius 1 is 0.903 bits per heavy atom. The van der Waals surface area contributed by atoms with Crippen LogP contribution in [0.3, 0.4) is 0 Å². The summed E-state index contributed by atoms with van der Waals surface area (Å²) in [5.41, 5.74) is 7.64. The third-order valence-corrected chi connectivity index (χ3v) is 7.20. The fraction of sp³-hybridized carbons (Fsp3) is 0.600. The zero-order valence-electron chi connectivity index (χ0n) is 20.8. The standard InChI is InChI=1S/C27H37N.C3H8/c1-4-24-12-13-25(16-26(24)15-22-9-5-6-10-22)27-19-28(17-21(27)3)18-23-11-7-8-20(2)14-23;1-3-2/h7-8,11-14,16,21-22,27H,4-6,9-10,15,17-19H2,1-3H3;3H2,1-2H3. The van der Waals surface area contributed by atoms with E-state index in [1.165, 1.54) is 69.2 Å². The molecule has 4 rings (SSSR count). The van der Waals surface area contributed by atoms with Gasteiger partial charge in [0.15, 0.2) is 0 Å². The van der Waals surface area contributed by atoms with E-state index in [0.717, 1.165) is 18.4 Å². The molecule has 2 fully saturated rings. The van der Waals surface area contributed by atoms with Crippen molar-refractivity contribution >= 4 is 0 Å². The van der Waals surface area contributed by atoms with Crippen LogP contribution in [0.4, 0.5) is 0 Å². The van der Waals surface area contributed by atoms with Crippen LogP contribution in [0, 0.1) is 18.8 Å². The van der Waals surface area contributed by atoms with E-state index in [2.05, 4.69) is 82.0 Å². The molecule has 1 nitrogen and oxygen atoms in total. The van der Waals surface area contributed by atoms with Gasteiger partial charge in [-0.2, -0.15) is 0 Å². The van der Waals surface area contributed by atoms with Crippen LogP contribution < -0.4 is 0 Å². The maximum Gasteiger partial charge on any atom is 0.0234 e. The first kappa shape index (κ1) is 24.1. The van der Waals surface area contributed by atoms with Crippen LogP contribution in [-0.2, 0) is 19.4 Å². The third-order valence-electron chi connectivity index (χ3n) is 7.20. The summed E-state index contributed by atoms with van der Waals surface area (Å²) in [6.45, 7) is 14.7. The zero-order chi connectivity index (χ0) is 22.2. The molecule has 2 aliphatic rings. The molecule has 0 radical (unpaired) electrons. The predicted octanol–water partition coefficient (Wildman–Crippen LogP) is 7.94. The van der Waals surface area contributed by atoms with Crippen molar-refractivity contribution < 1.29 is 0 Å². The average molecular weight is 420 g/mol. The highest BCUT2D eigenvalue weighted by molar-refractivity contribution is 5.35. The van der Waals surface area contributed by atoms with Gasteiger partial charge in [0.25, 0.3) is 0 Å². The van der Waals surface area contributed by atoms with Crippen LogP contribution in [0.5, 0.6) is 0 Å². The maximum absolute atomic E-state index is 2.66. The molecule has 0 amide bonds. The minimum absolute atomic E-state index is 0.679. The first-order chi connectivity index (χ1) is 15.0. The van der Waals surface area contributed by atoms with Crippen molar-refractivity contribution in [2.45, 2.75) is 92.0 Å². The van der Waals surface area contributed by atoms with E-state index >= 15 is 0 Å². The smallest absolute Gasteiger partial charge is 0.0234 e. The van der Waals surface area contributed by atoms with Gasteiger partial charge in [-0.25, -0.2) is 0 Å². The van der Waals surface area contributed by atoms with Crippen LogP contribution >= 0.6 is 0 Å². The molecule has 0 aromatic heterocycles. The van der Waals surface area contributed by atoms with E-state index in [9.17, 15) is 0 Å². The predicted molar refractivity (Wildman–Crippen MR) is 136 cm³/mol. The summed E-state index contributed by atoms with van der Waals surface area (Å²) >= 11 is 0. The van der Waals surface area contributed by atoms with E-state index < -0.39 is 0 Å². The Hall–Kier alpha value is -1.60. The second kappa shape index (κ2) is 11.9. The van der Waals surface area contributed by atoms with Crippen LogP contribution in [0.2, 0.25) is 0 Å². The van der Waals surface area contributed by atoms with Crippen molar-refractivity contribution in [1.29, 1.82) is 0 Å². The second-order valence-corrected chi connectivity index (χ2v) is 10.2. The molecule has 1 heterocycles. The Morgan fingerprint density at radius 2 is 1.65 bits per heavy atom. The first-order valence-electron chi connectivity index (χ1n) is 12.9. The zero-order valence-corrected chi connectivity index (χ0v) is 20.8. The fourth-order valence-electron chi connectivity index (χ4n) is 5.64. The van der Waals surface area contributed by atoms with Gasteiger partial charge in [0, 0.05) is 25.6 Å². The summed E-state index contributed by atoms with van der Waals surface area (Å²) in [5.74, 6) is 2.34. The summed E-state index contributed by atoms with van der Waals surface area (Å²) in [6.07, 6.45) is 9.50. The Kier molecular flexibility index (Phi) is 9.20. The van der Waals surface area contributed by atoms with Gasteiger partial charge in [0.05, 0.1) is 0 Å². The van der Waals surface area contributed by atoms with Gasteiger partial charge in [-0.05, 0) is 53.9 Å². The van der Waals surface area contributed by atoms with Crippen molar-refractivity contribution in [3.8, 4) is 0 Å². The van der Waals surface area contributed by atoms with E-state index in [1.54, 1.807) is 16.7 Å². The van der Waals surface area contributed by atoms with Gasteiger partial charge in [-0.3, -0.25) is 4.90 Å². The van der Waals surface area contributed by atoms with Gasteiger partial charge in [0.2, 0.25) is 0 Å². The molecule has 2 unspecified atom stereocenters. The second-order valence-electron chi connectivity index (χ2n) is 10.2. The summed E-state index contributed by atoms with van der Waals surface area (Å²) in [6, 6.07) is 16.5. The Bertz CT molecular complexity index is 802. The lowest BCUT2D eigenvalue weighted by Gasteiger charge is -2.20. The topological polar surface area (TPSA) is 3.24 Å². The number of rotatable bonds is 6. The molecular weight excluding hydrogens is 374 g/mol. The number of hydrogen-bond donors (Lipinski definition) is 0. The highest BCUT2D eigenvalue weighted by atomic mass is 15.1. The molecule has 31 heavy (non-hydrogen) atoms. The largest absolute Gasteiger partial charge is 0.298 e. The molecular formula is C30H45N. The van der Waals surface area contributed by atoms with E-state index in [1.807, 2.05) is 0 Å². The molecule has 2 aromatic carbocycles. The summed E-state index contributed by atoms with van der Waals surface area (Å²) in [5, 5.41) is 0. The minimum atomic E-state index is 0.679. The lowest BCUT2D eigenvalue weighted by Crippen LogP contribution is -2.20. The summed E-state index contributed by atoms with van der Waals surface area (Å²) < 4.78 is 0. The van der Waals surface area contributed by atoms with Crippen LogP contribution in [0.1, 0.15) is 93.5 Å². The Labute approximate surface area is 192 Å². The van der Waals surface area contributed by atoms with Gasteiger partial charge in [-0.15, -0.1) is 0 Å². The Morgan fingerprint density at radius 3 is 2.32 bits per heavy atom. The molecule has 0 bridgehead atoms. The highest BCUT2D eigenvalue weighted by Crippen LogP contribution is 2.36. The van der Waals surface area contributed by atoms with Gasteiger partial charge < -0.3 is 0 Å². The van der Waals surface area contributed by atoms with Crippen molar-refractivity contribution in [1.82, 2.24) is 4.90 Å². The minimum Gasteiger partial charge on any atom is -0.298 e. The van der Waals surface area contributed by atoms with Crippen LogP contribution in [0.15, 0.2) is 42.5 Å². The van der Waals surface area contributed by atoms with E-state index in [0.29, 0.717) is 5.92 Å². The quantitative estimate of drug-likeness (QED) is 0.459. The van der Waals surface area contributed by atoms with Gasteiger partial charge in [0.1, 0.15) is 0 Å². The summed E-state index contributed by atoms with van der Waals surface area (Å²) in [7, 11) is 0. The lowest BCUT2D eigenvalue weighted by atomic mass is 9.85. The molecule has 170 valence electrons. The number of hydrogen-bond acceptors (Lipinski definition) is 1. The van der Waals surface area contributed by atoms with E-state index in [-0.39, 0.29) is 0 Å². The van der Waals surface area contributed by atoms with Gasteiger partial charge in [-0.1, -0.05) is 108 Å². The lowest BCUT2D eigenvalue weighted by molar-refractivity contribution is 0.319. The molecule has 2 aromatic rings. The highest BCUT2D eigenvalue weighted by Gasteiger charge is 2.31. The SMILES string of the molecule is CCC.CCc1ccc(C2CN(Cc3cccc(C)c3)CC2C)cc1CC1CCCC1. The molecule has 1 heteroatoms. The monoisotopic (exact) mass is 419 g/mol. The van der Waals surface area contributed by atoms with E-state index in [4.69, 9.17) is 0 Å². The molecule has 1 saturated heterocycles. The fourth-order valence-corrected chi connectivity index (χ4v) is 5.64. The first-order valence-corrected chi connectivity index (χ1v) is 12.9. The van der Waals surface area contributed by atoms with Crippen LogP contribution in [-0.4, -0.2) is 18.0 Å². The van der Waals surface area contributed by atoms with Crippen molar-refractivity contribution in [3.63, 3.8) is 0 Å². The number of aryl methyl sites for hydroxylation is 2. The molecule has 1 aliphatic heterocycles.